The molecule has 14 amide bonds. The van der Waals surface area contributed by atoms with Gasteiger partial charge in [0.25, 0.3) is 0 Å². The summed E-state index contributed by atoms with van der Waals surface area (Å²) in [5, 5.41) is 58.6. The lowest BCUT2D eigenvalue weighted by molar-refractivity contribution is -0.144. The minimum atomic E-state index is -1.92. The Kier molecular flexibility index (Phi) is 40.5. The number of aliphatic imine (C=N–C) groups is 2. The molecule has 0 aliphatic carbocycles. The molecule has 40 heteroatoms. The molecule has 0 aromatic heterocycles. The summed E-state index contributed by atoms with van der Waals surface area (Å²) < 4.78 is 0. The highest BCUT2D eigenvalue weighted by Gasteiger charge is 2.44. The van der Waals surface area contributed by atoms with Crippen LogP contribution in [0.5, 0.6) is 5.75 Å². The molecule has 642 valence electrons. The summed E-state index contributed by atoms with van der Waals surface area (Å²) >= 11 is 0. The van der Waals surface area contributed by atoms with Crippen molar-refractivity contribution in [2.24, 2.45) is 68.1 Å². The summed E-state index contributed by atoms with van der Waals surface area (Å²) in [5.41, 5.74) is 34.4. The predicted octanol–water partition coefficient (Wildman–Crippen LogP) is -3.71. The second-order valence-corrected chi connectivity index (χ2v) is 30.8. The van der Waals surface area contributed by atoms with E-state index < -0.39 is 192 Å². The monoisotopic (exact) mass is 1620 g/mol. The molecule has 3 fully saturated rings. The molecule has 1 aromatic carbocycles. The van der Waals surface area contributed by atoms with E-state index in [4.69, 9.17) is 34.4 Å². The molecular weight excluding hydrogens is 1500 g/mol. The van der Waals surface area contributed by atoms with Gasteiger partial charge in [0, 0.05) is 45.4 Å². The molecule has 115 heavy (non-hydrogen) atoms. The van der Waals surface area contributed by atoms with Crippen LogP contribution < -0.4 is 92.9 Å². The van der Waals surface area contributed by atoms with E-state index >= 15 is 9.59 Å². The third-order valence-corrected chi connectivity index (χ3v) is 19.8. The van der Waals surface area contributed by atoms with Crippen LogP contribution in [0, 0.1) is 23.7 Å². The van der Waals surface area contributed by atoms with Gasteiger partial charge in [0.05, 0.1) is 6.42 Å². The van der Waals surface area contributed by atoms with Crippen molar-refractivity contribution in [3.05, 3.63) is 29.8 Å². The maximum absolute atomic E-state index is 15.0. The van der Waals surface area contributed by atoms with Crippen molar-refractivity contribution >= 4 is 107 Å². The smallest absolute Gasteiger partial charge is 0.326 e. The van der Waals surface area contributed by atoms with Crippen LogP contribution in [0.25, 0.3) is 0 Å². The molecule has 0 spiro atoms. The number of nitrogens with zero attached hydrogens (tertiary/aromatic N) is 4. The van der Waals surface area contributed by atoms with Crippen LogP contribution in [-0.4, -0.2) is 243 Å². The number of nitrogens with one attached hydrogen (secondary N) is 11. The molecule has 40 nitrogen and oxygen atoms in total. The summed E-state index contributed by atoms with van der Waals surface area (Å²) in [6.45, 7) is 14.3. The highest BCUT2D eigenvalue weighted by molar-refractivity contribution is 6.01. The fourth-order valence-corrected chi connectivity index (χ4v) is 13.6. The molecule has 3 aliphatic rings. The molecular formula is C75H123N21O19. The number of rotatable bonds is 50. The average Bonchev–Trinajstić information content (AvgIpc) is 1.75. The van der Waals surface area contributed by atoms with Gasteiger partial charge in [-0.1, -0.05) is 73.9 Å². The summed E-state index contributed by atoms with van der Waals surface area (Å²) in [5.74, 6) is -16.3. The highest BCUT2D eigenvalue weighted by atomic mass is 16.4. The van der Waals surface area contributed by atoms with E-state index in [-0.39, 0.29) is 170 Å². The molecule has 3 heterocycles. The molecule has 3 saturated heterocycles. The first kappa shape index (κ1) is 96.4. The molecule has 14 atom stereocenters. The molecule has 26 N–H and O–H groups in total. The summed E-state index contributed by atoms with van der Waals surface area (Å²) in [6, 6.07) is -12.6. The first-order valence-corrected chi connectivity index (χ1v) is 39.5. The van der Waals surface area contributed by atoms with E-state index in [2.05, 4.69) is 68.5 Å². The van der Waals surface area contributed by atoms with Crippen molar-refractivity contribution in [3.8, 4) is 5.75 Å². The van der Waals surface area contributed by atoms with Crippen LogP contribution in [0.1, 0.15) is 189 Å². The van der Waals surface area contributed by atoms with Crippen LogP contribution in [0.15, 0.2) is 34.3 Å². The van der Waals surface area contributed by atoms with Crippen LogP contribution in [-0.2, 0) is 83.1 Å². The van der Waals surface area contributed by atoms with E-state index in [1.54, 1.807) is 41.5 Å². The number of phenolic OH excluding ortho intramolecular Hbond substituents is 1. The van der Waals surface area contributed by atoms with Gasteiger partial charge in [-0.3, -0.25) is 81.9 Å². The number of carbonyl (C=O) groups is 16. The van der Waals surface area contributed by atoms with E-state index in [1.165, 1.54) is 34.1 Å². The number of amides is 14. The maximum Gasteiger partial charge on any atom is 0.326 e. The number of carboxylic acid groups (broad SMARTS) is 2. The number of carbonyl (C=O) groups excluding carboxylic acids is 14. The quantitative estimate of drug-likeness (QED) is 0.0169. The van der Waals surface area contributed by atoms with Crippen molar-refractivity contribution in [2.45, 2.75) is 269 Å². The number of guanidine groups is 2. The minimum absolute atomic E-state index is 0.0133. The molecule has 0 saturated carbocycles. The Bertz CT molecular complexity index is 3590. The topological polar surface area (TPSA) is 653 Å². The van der Waals surface area contributed by atoms with Crippen molar-refractivity contribution in [3.63, 3.8) is 0 Å². The van der Waals surface area contributed by atoms with E-state index in [0.29, 0.717) is 24.8 Å². The number of aliphatic carboxylic acids is 2. The highest BCUT2D eigenvalue weighted by Crippen LogP contribution is 2.25. The molecule has 1 aromatic rings. The Morgan fingerprint density at radius 1 is 0.496 bits per heavy atom. The standard InChI is InChI=1S/C75H123N21O19/c1-9-42(8)60(70(111)93-54(73(114)115)36-41(6)7)94-67(108)51(35-40(4)5)92-69(110)56-20-15-33-96(56)72(113)49(18-13-31-83-75(80)81)87-61(102)45(17-12-30-82-74(78)79)86-68(109)55-19-14-32-95(55)71(112)48(16-10-11-29-76)88-66(107)53(38-57(77)98)91-63(104)47(26-28-59(100)101)85-65(106)52(37-43-21-23-44(97)24-22-43)90-64(105)50(34-39(2)3)89-62(103)46-25-27-58(99)84-46/h21-24,39-42,45-56,60,97H,9-20,25-38,76H2,1-8H3,(H2,77,98)(H,84,99)(H,85,106)(H,86,109)(H,87,102)(H,88,107)(H,89,103)(H,90,105)(H,91,104)(H,92,110)(H,93,111)(H,94,108)(H,100,101)(H,114,115)(H4,78,79,82)(H4,80,81,83)/t42-,45-,46-,47-,48-,49-,50-,51+,52-,53-,54-,55-,56-,60-/m0/s1. The number of hydrogen-bond acceptors (Lipinski definition) is 20. The Morgan fingerprint density at radius 3 is 1.37 bits per heavy atom. The number of primary amides is 1. The van der Waals surface area contributed by atoms with Gasteiger partial charge < -0.3 is 118 Å². The van der Waals surface area contributed by atoms with Gasteiger partial charge in [-0.15, -0.1) is 0 Å². The lowest BCUT2D eigenvalue weighted by Crippen LogP contribution is -2.61. The lowest BCUT2D eigenvalue weighted by Gasteiger charge is -2.32. The van der Waals surface area contributed by atoms with Crippen LogP contribution in [0.4, 0.5) is 0 Å². The predicted molar refractivity (Wildman–Crippen MR) is 421 cm³/mol. The zero-order chi connectivity index (χ0) is 85.9. The number of benzene rings is 1. The number of likely N-dealkylation sites (tertiary alicyclic amines) is 2. The SMILES string of the molecule is CC[C@H](C)[C@H](NC(=O)[C@@H](CC(C)C)NC(=O)[C@@H]1CCCN1C(=O)[C@H](CCCN=C(N)N)NC(=O)[C@H](CCCN=C(N)N)NC(=O)[C@@H]1CCCN1C(=O)[C@H](CCCCN)NC(=O)[C@H](CC(N)=O)NC(=O)[C@H](CCC(=O)O)NC(=O)[C@H](Cc1ccc(O)cc1)NC(=O)[C@H](CC(C)C)NC(=O)[C@@H]1CCC(=O)N1)C(=O)N[C@@H](CC(C)C)C(=O)O. The second kappa shape index (κ2) is 48.3. The average molecular weight is 1620 g/mol. The van der Waals surface area contributed by atoms with Crippen molar-refractivity contribution in [1.29, 1.82) is 0 Å². The van der Waals surface area contributed by atoms with Crippen LogP contribution in [0.2, 0.25) is 0 Å². The minimum Gasteiger partial charge on any atom is -0.508 e. The molecule has 4 rings (SSSR count). The second-order valence-electron chi connectivity index (χ2n) is 30.8. The maximum atomic E-state index is 15.0. The van der Waals surface area contributed by atoms with Gasteiger partial charge in [0.2, 0.25) is 82.7 Å². The largest absolute Gasteiger partial charge is 0.508 e. The van der Waals surface area contributed by atoms with E-state index in [0.717, 1.165) is 0 Å². The number of nitrogens with two attached hydrogens (primary N) is 6. The molecule has 3 aliphatic heterocycles. The fourth-order valence-electron chi connectivity index (χ4n) is 13.6. The number of aromatic hydroxyl groups is 1. The third kappa shape index (κ3) is 33.2. The van der Waals surface area contributed by atoms with Crippen molar-refractivity contribution in [1.82, 2.24) is 68.3 Å². The van der Waals surface area contributed by atoms with Gasteiger partial charge in [-0.2, -0.15) is 0 Å². The Balaban J connectivity index is 1.64. The van der Waals surface area contributed by atoms with E-state index in [9.17, 15) is 82.4 Å². The zero-order valence-corrected chi connectivity index (χ0v) is 67.1. The first-order valence-electron chi connectivity index (χ1n) is 39.5. The Morgan fingerprint density at radius 2 is 0.913 bits per heavy atom. The lowest BCUT2D eigenvalue weighted by atomic mass is 9.95. The number of phenols is 1. The van der Waals surface area contributed by atoms with Gasteiger partial charge in [-0.25, -0.2) is 4.79 Å². The molecule has 0 unspecified atom stereocenters. The number of carboxylic acids is 2. The molecule has 0 bridgehead atoms. The zero-order valence-electron chi connectivity index (χ0n) is 67.1. The van der Waals surface area contributed by atoms with Gasteiger partial charge >= 0.3 is 11.9 Å². The third-order valence-electron chi connectivity index (χ3n) is 19.8. The normalized spacial score (nSPS) is 18.1. The summed E-state index contributed by atoms with van der Waals surface area (Å²) in [4.78, 5) is 233. The van der Waals surface area contributed by atoms with Gasteiger partial charge in [0.15, 0.2) is 11.9 Å². The Labute approximate surface area is 669 Å². The van der Waals surface area contributed by atoms with Gasteiger partial charge in [-0.05, 0) is 151 Å². The number of unbranched alkanes of at least 4 members (excludes halogenated alkanes) is 1. The van der Waals surface area contributed by atoms with E-state index in [1.807, 2.05) is 13.8 Å². The summed E-state index contributed by atoms with van der Waals surface area (Å²) in [6.07, 6.45) is -0.779. The molecule has 0 radical (unpaired) electrons. The van der Waals surface area contributed by atoms with Crippen molar-refractivity contribution < 1.29 is 92.0 Å². The Hall–Kier alpha value is -11.0. The van der Waals surface area contributed by atoms with Crippen molar-refractivity contribution in [2.75, 3.05) is 32.7 Å². The summed E-state index contributed by atoms with van der Waals surface area (Å²) in [7, 11) is 0. The van der Waals surface area contributed by atoms with Crippen LogP contribution >= 0.6 is 0 Å². The first-order chi connectivity index (χ1) is 54.2. The number of hydrogen-bond donors (Lipinski definition) is 20. The van der Waals surface area contributed by atoms with Crippen LogP contribution in [0.3, 0.4) is 0 Å². The fraction of sp³-hybridized carbons (Fsp3) is 0.680. The van der Waals surface area contributed by atoms with Gasteiger partial charge in [0.1, 0.15) is 84.3 Å².